The molecule has 220 valence electrons. The van der Waals surface area contributed by atoms with Crippen molar-refractivity contribution < 1.29 is 37.8 Å². The predicted octanol–water partition coefficient (Wildman–Crippen LogP) is 4.39. The number of hydrogen-bond acceptors (Lipinski definition) is 10. The SMILES string of the molecule is COC(=O)C1(CN2CCC(COc3noc4cccc(OC5CCC(COC(C)=O)CC5)c34)CC2)CCOCC1. The molecule has 0 N–H and O–H groups in total. The number of carbonyl (C=O) groups is 2. The van der Waals surface area contributed by atoms with E-state index in [9.17, 15) is 9.59 Å². The summed E-state index contributed by atoms with van der Waals surface area (Å²) in [6, 6.07) is 5.74. The lowest BCUT2D eigenvalue weighted by Crippen LogP contribution is -2.49. The van der Waals surface area contributed by atoms with E-state index >= 15 is 0 Å². The van der Waals surface area contributed by atoms with Gasteiger partial charge in [0.05, 0.1) is 31.8 Å². The van der Waals surface area contributed by atoms with Gasteiger partial charge in [0.15, 0.2) is 5.58 Å². The largest absolute Gasteiger partial charge is 0.489 e. The smallest absolute Gasteiger partial charge is 0.313 e. The molecule has 1 aromatic carbocycles. The molecule has 1 saturated carbocycles. The molecule has 2 saturated heterocycles. The van der Waals surface area contributed by atoms with Crippen LogP contribution in [0.1, 0.15) is 58.3 Å². The number of ether oxygens (including phenoxy) is 5. The molecule has 3 fully saturated rings. The average molecular weight is 559 g/mol. The number of likely N-dealkylation sites (tertiary alicyclic amines) is 1. The van der Waals surface area contributed by atoms with Crippen LogP contribution in [0.4, 0.5) is 0 Å². The molecule has 40 heavy (non-hydrogen) atoms. The summed E-state index contributed by atoms with van der Waals surface area (Å²) in [5.74, 6) is 1.65. The van der Waals surface area contributed by atoms with Crippen molar-refractivity contribution in [3.63, 3.8) is 0 Å². The van der Waals surface area contributed by atoms with Crippen LogP contribution in [0.5, 0.6) is 11.6 Å². The molecule has 2 aromatic rings. The Kier molecular flexibility index (Phi) is 9.47. The maximum atomic E-state index is 12.6. The van der Waals surface area contributed by atoms with E-state index in [1.165, 1.54) is 14.0 Å². The van der Waals surface area contributed by atoms with Gasteiger partial charge in [0.25, 0.3) is 5.88 Å². The highest BCUT2D eigenvalue weighted by molar-refractivity contribution is 5.88. The molecular weight excluding hydrogens is 516 g/mol. The summed E-state index contributed by atoms with van der Waals surface area (Å²) in [6.45, 7) is 6.26. The van der Waals surface area contributed by atoms with E-state index in [-0.39, 0.29) is 18.0 Å². The highest BCUT2D eigenvalue weighted by Crippen LogP contribution is 2.38. The highest BCUT2D eigenvalue weighted by atomic mass is 16.5. The highest BCUT2D eigenvalue weighted by Gasteiger charge is 2.43. The fraction of sp³-hybridized carbons (Fsp3) is 0.700. The van der Waals surface area contributed by atoms with Gasteiger partial charge in [0, 0.05) is 26.7 Å². The minimum atomic E-state index is -0.464. The Morgan fingerprint density at radius 2 is 1.75 bits per heavy atom. The minimum Gasteiger partial charge on any atom is -0.489 e. The minimum absolute atomic E-state index is 0.0928. The van der Waals surface area contributed by atoms with Crippen molar-refractivity contribution in [2.24, 2.45) is 17.3 Å². The molecule has 0 unspecified atom stereocenters. The number of hydrogen-bond donors (Lipinski definition) is 0. The Morgan fingerprint density at radius 3 is 2.45 bits per heavy atom. The van der Waals surface area contributed by atoms with E-state index in [1.807, 2.05) is 18.2 Å². The summed E-state index contributed by atoms with van der Waals surface area (Å²) in [6.07, 6.45) is 7.24. The van der Waals surface area contributed by atoms with Crippen LogP contribution >= 0.6 is 0 Å². The predicted molar refractivity (Wildman–Crippen MR) is 146 cm³/mol. The number of aromatic nitrogens is 1. The number of esters is 2. The van der Waals surface area contributed by atoms with Crippen LogP contribution in [-0.2, 0) is 23.8 Å². The van der Waals surface area contributed by atoms with Crippen LogP contribution in [0.2, 0.25) is 0 Å². The Balaban J connectivity index is 1.13. The first-order valence-electron chi connectivity index (χ1n) is 14.7. The van der Waals surface area contributed by atoms with Crippen LogP contribution < -0.4 is 9.47 Å². The maximum Gasteiger partial charge on any atom is 0.313 e. The van der Waals surface area contributed by atoms with Crippen molar-refractivity contribution in [1.82, 2.24) is 10.1 Å². The second-order valence-electron chi connectivity index (χ2n) is 11.6. The third-order valence-corrected chi connectivity index (χ3v) is 8.80. The van der Waals surface area contributed by atoms with Crippen molar-refractivity contribution >= 4 is 22.9 Å². The molecule has 0 atom stereocenters. The Bertz CT molecular complexity index is 1130. The van der Waals surface area contributed by atoms with Gasteiger partial charge in [-0.2, -0.15) is 0 Å². The lowest BCUT2D eigenvalue weighted by molar-refractivity contribution is -0.160. The van der Waals surface area contributed by atoms with E-state index in [1.54, 1.807) is 0 Å². The van der Waals surface area contributed by atoms with Gasteiger partial charge in [0.1, 0.15) is 11.1 Å². The van der Waals surface area contributed by atoms with Gasteiger partial charge in [-0.25, -0.2) is 0 Å². The molecule has 0 radical (unpaired) electrons. The third-order valence-electron chi connectivity index (χ3n) is 8.80. The molecular formula is C30H42N2O8. The number of methoxy groups -OCH3 is 1. The molecule has 10 heteroatoms. The van der Waals surface area contributed by atoms with Crippen molar-refractivity contribution in [2.75, 3.05) is 53.2 Å². The number of rotatable bonds is 10. The topological polar surface area (TPSA) is 110 Å². The van der Waals surface area contributed by atoms with Crippen molar-refractivity contribution in [2.45, 2.75) is 64.4 Å². The van der Waals surface area contributed by atoms with Crippen LogP contribution in [0, 0.1) is 17.3 Å². The zero-order valence-corrected chi connectivity index (χ0v) is 23.7. The number of nitrogens with zero attached hydrogens (tertiary/aromatic N) is 2. The molecule has 0 bridgehead atoms. The number of fused-ring (bicyclic) bond motifs is 1. The summed E-state index contributed by atoms with van der Waals surface area (Å²) in [7, 11) is 1.48. The standard InChI is InChI=1S/C30H42N2O8/c1-21(33)37-18-22-6-8-24(9-7-22)39-25-4-3-5-26-27(25)28(31-40-26)38-19-23-10-14-32(15-11-23)20-30(29(34)35-2)12-16-36-17-13-30/h3-5,22-24H,6-20H2,1-2H3. The van der Waals surface area contributed by atoms with E-state index in [2.05, 4.69) is 10.1 Å². The van der Waals surface area contributed by atoms with Crippen LogP contribution in [0.15, 0.2) is 22.7 Å². The van der Waals surface area contributed by atoms with Gasteiger partial charge in [0.2, 0.25) is 0 Å². The number of piperidine rings is 1. The molecule has 1 aromatic heterocycles. The molecule has 3 heterocycles. The number of benzene rings is 1. The Labute approximate surface area is 235 Å². The molecule has 5 rings (SSSR count). The molecule has 10 nitrogen and oxygen atoms in total. The average Bonchev–Trinajstić information content (AvgIpc) is 3.40. The number of carbonyl (C=O) groups excluding carboxylic acids is 2. The first kappa shape index (κ1) is 28.7. The molecule has 3 aliphatic rings. The second kappa shape index (κ2) is 13.2. The van der Waals surface area contributed by atoms with Gasteiger partial charge in [-0.15, -0.1) is 0 Å². The molecule has 0 spiro atoms. The molecule has 0 amide bonds. The van der Waals surface area contributed by atoms with Gasteiger partial charge < -0.3 is 33.1 Å². The van der Waals surface area contributed by atoms with Gasteiger partial charge in [-0.3, -0.25) is 9.59 Å². The Morgan fingerprint density at radius 1 is 1.02 bits per heavy atom. The van der Waals surface area contributed by atoms with E-state index in [0.29, 0.717) is 62.6 Å². The lowest BCUT2D eigenvalue weighted by atomic mass is 9.79. The zero-order valence-electron chi connectivity index (χ0n) is 23.7. The fourth-order valence-corrected chi connectivity index (χ4v) is 6.30. The van der Waals surface area contributed by atoms with Gasteiger partial charge >= 0.3 is 11.9 Å². The summed E-state index contributed by atoms with van der Waals surface area (Å²) in [5.41, 5.74) is 0.184. The molecule has 2 aliphatic heterocycles. The van der Waals surface area contributed by atoms with Crippen molar-refractivity contribution in [3.05, 3.63) is 18.2 Å². The molecule has 1 aliphatic carbocycles. The summed E-state index contributed by atoms with van der Waals surface area (Å²) >= 11 is 0. The van der Waals surface area contributed by atoms with Crippen LogP contribution in [0.25, 0.3) is 11.0 Å². The van der Waals surface area contributed by atoms with Crippen LogP contribution in [-0.4, -0.2) is 81.3 Å². The lowest BCUT2D eigenvalue weighted by Gasteiger charge is -2.41. The summed E-state index contributed by atoms with van der Waals surface area (Å²) in [5, 5.41) is 5.00. The quantitative estimate of drug-likeness (QED) is 0.390. The monoisotopic (exact) mass is 558 g/mol. The fourth-order valence-electron chi connectivity index (χ4n) is 6.30. The Hall–Kier alpha value is -2.85. The first-order chi connectivity index (χ1) is 19.5. The van der Waals surface area contributed by atoms with Crippen molar-refractivity contribution in [1.29, 1.82) is 0 Å². The van der Waals surface area contributed by atoms with E-state index in [4.69, 9.17) is 28.2 Å². The van der Waals surface area contributed by atoms with Crippen LogP contribution in [0.3, 0.4) is 0 Å². The second-order valence-corrected chi connectivity index (χ2v) is 11.6. The van der Waals surface area contributed by atoms with Gasteiger partial charge in [-0.05, 0) is 93.6 Å². The van der Waals surface area contributed by atoms with Crippen molar-refractivity contribution in [3.8, 4) is 11.6 Å². The van der Waals surface area contributed by atoms with Gasteiger partial charge in [-0.1, -0.05) is 6.07 Å². The first-order valence-corrected chi connectivity index (χ1v) is 14.7. The zero-order chi connectivity index (χ0) is 28.0. The van der Waals surface area contributed by atoms with E-state index in [0.717, 1.165) is 69.3 Å². The summed E-state index contributed by atoms with van der Waals surface area (Å²) < 4.78 is 34.1. The third kappa shape index (κ3) is 6.89. The van der Waals surface area contributed by atoms with E-state index < -0.39 is 5.41 Å². The normalized spacial score (nSPS) is 23.9. The maximum absolute atomic E-state index is 12.6. The summed E-state index contributed by atoms with van der Waals surface area (Å²) in [4.78, 5) is 26.1.